The first kappa shape index (κ1) is 9.41. The van der Waals surface area contributed by atoms with Crippen LogP contribution in [-0.2, 0) is 24.4 Å². The minimum absolute atomic E-state index is 0.0498. The maximum absolute atomic E-state index is 5.15. The molecule has 12 heavy (non-hydrogen) atoms. The van der Waals surface area contributed by atoms with Crippen molar-refractivity contribution in [1.29, 1.82) is 0 Å². The predicted molar refractivity (Wildman–Crippen MR) is 45.5 cm³/mol. The molecule has 1 unspecified atom stereocenters. The molecule has 0 spiro atoms. The Labute approximate surface area is 77.6 Å². The second-order valence-corrected chi connectivity index (χ2v) is 3.02. The van der Waals surface area contributed by atoms with E-state index in [1.165, 1.54) is 0 Å². The van der Waals surface area contributed by atoms with Crippen molar-refractivity contribution in [1.82, 2.24) is 9.78 Å². The Kier molecular flexibility index (Phi) is 2.64. The molecule has 1 rings (SSSR count). The zero-order chi connectivity index (χ0) is 9.30. The van der Waals surface area contributed by atoms with Crippen LogP contribution in [0.5, 0.6) is 0 Å². The summed E-state index contributed by atoms with van der Waals surface area (Å²) in [5.74, 6) is 0.995. The first-order chi connectivity index (χ1) is 5.57. The maximum Gasteiger partial charge on any atom is 0.233 e. The van der Waals surface area contributed by atoms with Crippen LogP contribution >= 0.6 is 0 Å². The number of rotatable bonds is 2. The summed E-state index contributed by atoms with van der Waals surface area (Å²) in [5.41, 5.74) is 0. The highest BCUT2D eigenvalue weighted by Crippen LogP contribution is 2.00. The van der Waals surface area contributed by atoms with Crippen molar-refractivity contribution in [2.75, 3.05) is 7.11 Å². The second kappa shape index (κ2) is 3.37. The van der Waals surface area contributed by atoms with Crippen molar-refractivity contribution in [2.45, 2.75) is 25.2 Å². The second-order valence-electron chi connectivity index (χ2n) is 2.66. The van der Waals surface area contributed by atoms with Crippen LogP contribution in [-0.4, -0.2) is 16.9 Å². The molecule has 0 fully saturated rings. The quantitative estimate of drug-likeness (QED) is 0.485. The Morgan fingerprint density at radius 1 is 1.67 bits per heavy atom. The van der Waals surface area contributed by atoms with E-state index in [-0.39, 0.29) is 6.23 Å². The summed E-state index contributed by atoms with van der Waals surface area (Å²) in [5, 5.41) is 4.65. The average molecular weight is 187 g/mol. The smallest absolute Gasteiger partial charge is 0.233 e. The Hall–Kier alpha value is -0.680. The third kappa shape index (κ3) is 1.42. The molecule has 68 valence electrons. The summed E-state index contributed by atoms with van der Waals surface area (Å²) in [7, 11) is 3.52. The van der Waals surface area contributed by atoms with Crippen LogP contribution in [0.2, 0.25) is 0 Å². The van der Waals surface area contributed by atoms with Crippen LogP contribution in [0.25, 0.3) is 0 Å². The van der Waals surface area contributed by atoms with E-state index in [2.05, 4.69) is 5.10 Å². The van der Waals surface area contributed by atoms with Crippen LogP contribution in [0.1, 0.15) is 19.0 Å². The average Bonchev–Trinajstić information content (AvgIpc) is 2.26. The fourth-order valence-corrected chi connectivity index (χ4v) is 1.47. The van der Waals surface area contributed by atoms with Gasteiger partial charge in [-0.05, 0) is 6.92 Å². The minimum atomic E-state index is -0.0498. The lowest BCUT2D eigenvalue weighted by Gasteiger charge is -2.11. The molecular weight excluding hydrogens is 174 g/mol. The fourth-order valence-electron chi connectivity index (χ4n) is 1.07. The molecule has 1 aromatic heterocycles. The summed E-state index contributed by atoms with van der Waals surface area (Å²) in [6, 6.07) is 0. The molecule has 1 heterocycles. The van der Waals surface area contributed by atoms with Crippen LogP contribution < -0.4 is 4.57 Å². The van der Waals surface area contributed by atoms with E-state index in [9.17, 15) is 0 Å². The van der Waals surface area contributed by atoms with Crippen molar-refractivity contribution in [2.24, 2.45) is 7.05 Å². The van der Waals surface area contributed by atoms with Crippen molar-refractivity contribution in [3.63, 3.8) is 0 Å². The first-order valence-electron chi connectivity index (χ1n) is 3.73. The Morgan fingerprint density at radius 3 is 2.58 bits per heavy atom. The molecule has 5 heteroatoms. The SMILES string of the molecule is COC(C)[n+]1c([S-])nn(C)c1C. The topological polar surface area (TPSA) is 30.9 Å². The van der Waals surface area contributed by atoms with E-state index in [0.717, 1.165) is 5.82 Å². The summed E-state index contributed by atoms with van der Waals surface area (Å²) >= 11 is 5.05. The van der Waals surface area contributed by atoms with Crippen LogP contribution in [0.4, 0.5) is 0 Å². The number of ether oxygens (including phenoxy) is 1. The highest BCUT2D eigenvalue weighted by Gasteiger charge is 2.16. The predicted octanol–water partition coefficient (Wildman–Crippen LogP) is 0.0867. The van der Waals surface area contributed by atoms with Gasteiger partial charge in [0.15, 0.2) is 11.4 Å². The number of hydrogen-bond donors (Lipinski definition) is 0. The molecule has 0 aliphatic heterocycles. The molecule has 0 aromatic carbocycles. The molecule has 0 aliphatic rings. The molecule has 0 aliphatic carbocycles. The van der Waals surface area contributed by atoms with Crippen molar-refractivity contribution < 1.29 is 9.30 Å². The van der Waals surface area contributed by atoms with Gasteiger partial charge in [0.2, 0.25) is 5.82 Å². The van der Waals surface area contributed by atoms with Gasteiger partial charge in [0, 0.05) is 19.1 Å². The molecule has 1 aromatic rings. The zero-order valence-corrected chi connectivity index (χ0v) is 8.55. The molecule has 0 saturated carbocycles. The molecular formula is C7H13N3OS. The molecule has 0 saturated heterocycles. The van der Waals surface area contributed by atoms with Gasteiger partial charge in [-0.15, -0.1) is 4.68 Å². The standard InChI is InChI=1S/C7H13N3OS/c1-5-9(3)8-7(12)10(5)6(2)11-4/h6H,1-4H3. The van der Waals surface area contributed by atoms with E-state index in [1.54, 1.807) is 11.8 Å². The van der Waals surface area contributed by atoms with Gasteiger partial charge < -0.3 is 17.4 Å². The van der Waals surface area contributed by atoms with E-state index in [1.807, 2.05) is 25.5 Å². The molecule has 0 amide bonds. The lowest BCUT2D eigenvalue weighted by Crippen LogP contribution is -2.42. The van der Waals surface area contributed by atoms with Crippen LogP contribution in [0.3, 0.4) is 0 Å². The molecule has 0 bridgehead atoms. The first-order valence-corrected chi connectivity index (χ1v) is 4.13. The Morgan fingerprint density at radius 2 is 2.25 bits per heavy atom. The largest absolute Gasteiger partial charge is 0.703 e. The van der Waals surface area contributed by atoms with Gasteiger partial charge in [-0.1, -0.05) is 0 Å². The lowest BCUT2D eigenvalue weighted by atomic mass is 10.5. The number of hydrogen-bond acceptors (Lipinski definition) is 3. The van der Waals surface area contributed by atoms with Crippen molar-refractivity contribution >= 4 is 12.6 Å². The van der Waals surface area contributed by atoms with E-state index in [0.29, 0.717) is 5.16 Å². The highest BCUT2D eigenvalue weighted by molar-refractivity contribution is 7.58. The van der Waals surface area contributed by atoms with Crippen molar-refractivity contribution in [3.05, 3.63) is 5.82 Å². The molecule has 1 atom stereocenters. The van der Waals surface area contributed by atoms with E-state index in [4.69, 9.17) is 17.4 Å². The summed E-state index contributed by atoms with van der Waals surface area (Å²) in [6.07, 6.45) is -0.0498. The fraction of sp³-hybridized carbons (Fsp3) is 0.714. The maximum atomic E-state index is 5.15. The van der Waals surface area contributed by atoms with Gasteiger partial charge in [0.1, 0.15) is 0 Å². The summed E-state index contributed by atoms with van der Waals surface area (Å²) in [6.45, 7) is 3.89. The molecule has 0 radical (unpaired) electrons. The Bertz CT molecular complexity index is 284. The third-order valence-corrected chi connectivity index (χ3v) is 2.24. The summed E-state index contributed by atoms with van der Waals surface area (Å²) < 4.78 is 8.77. The number of nitrogens with zero attached hydrogens (tertiary/aromatic N) is 3. The van der Waals surface area contributed by atoms with Gasteiger partial charge in [-0.2, -0.15) is 0 Å². The minimum Gasteiger partial charge on any atom is -0.703 e. The number of aryl methyl sites for hydroxylation is 1. The molecule has 0 N–H and O–H groups in total. The number of aromatic nitrogens is 3. The number of methoxy groups -OCH3 is 1. The van der Waals surface area contributed by atoms with Crippen molar-refractivity contribution in [3.8, 4) is 0 Å². The lowest BCUT2D eigenvalue weighted by molar-refractivity contribution is -0.793. The van der Waals surface area contributed by atoms with Crippen LogP contribution in [0, 0.1) is 6.92 Å². The Balaban J connectivity index is 3.13. The molecule has 4 nitrogen and oxygen atoms in total. The van der Waals surface area contributed by atoms with Crippen LogP contribution in [0.15, 0.2) is 5.16 Å². The summed E-state index contributed by atoms with van der Waals surface area (Å²) in [4.78, 5) is 0. The van der Waals surface area contributed by atoms with Gasteiger partial charge in [0.25, 0.3) is 0 Å². The van der Waals surface area contributed by atoms with Gasteiger partial charge in [-0.3, -0.25) is 0 Å². The van der Waals surface area contributed by atoms with Gasteiger partial charge in [0.05, 0.1) is 7.05 Å². The van der Waals surface area contributed by atoms with Gasteiger partial charge in [-0.25, -0.2) is 4.57 Å². The van der Waals surface area contributed by atoms with Gasteiger partial charge >= 0.3 is 0 Å². The van der Waals surface area contributed by atoms with E-state index < -0.39 is 0 Å². The normalized spacial score (nSPS) is 13.3. The van der Waals surface area contributed by atoms with E-state index >= 15 is 0 Å². The zero-order valence-electron chi connectivity index (χ0n) is 7.74. The highest BCUT2D eigenvalue weighted by atomic mass is 32.1. The third-order valence-electron chi connectivity index (χ3n) is 1.96. The monoisotopic (exact) mass is 187 g/mol.